The summed E-state index contributed by atoms with van der Waals surface area (Å²) < 4.78 is 0. The molecule has 0 unspecified atom stereocenters. The van der Waals surface area contributed by atoms with Crippen LogP contribution in [0.4, 0.5) is 11.4 Å². The van der Waals surface area contributed by atoms with E-state index in [9.17, 15) is 9.59 Å². The Kier molecular flexibility index (Phi) is 7.22. The van der Waals surface area contributed by atoms with Crippen molar-refractivity contribution in [3.05, 3.63) is 84.4 Å². The standard InChI is InChI=1S/C25H27N3O2/c1-3-28(4-2)25(30)20-14-16-21(17-15-20)27-24(29)18-26-23-13-9-8-12-22(23)19-10-6-5-7-11-19/h5-17,26H,3-4,18H2,1-2H3,(H,27,29). The number of anilines is 2. The number of nitrogens with zero attached hydrogens (tertiary/aromatic N) is 1. The second-order valence-corrected chi connectivity index (χ2v) is 6.87. The number of hydrogen-bond donors (Lipinski definition) is 2. The van der Waals surface area contributed by atoms with Gasteiger partial charge in [-0.15, -0.1) is 0 Å². The van der Waals surface area contributed by atoms with Gasteiger partial charge in [0.2, 0.25) is 5.91 Å². The monoisotopic (exact) mass is 401 g/mol. The number of rotatable bonds is 8. The van der Waals surface area contributed by atoms with Gasteiger partial charge in [0, 0.05) is 35.6 Å². The molecular weight excluding hydrogens is 374 g/mol. The van der Waals surface area contributed by atoms with Gasteiger partial charge >= 0.3 is 0 Å². The lowest BCUT2D eigenvalue weighted by Gasteiger charge is -2.18. The minimum atomic E-state index is -0.152. The topological polar surface area (TPSA) is 61.4 Å². The van der Waals surface area contributed by atoms with E-state index in [1.165, 1.54) is 0 Å². The van der Waals surface area contributed by atoms with Gasteiger partial charge in [-0.3, -0.25) is 9.59 Å². The third kappa shape index (κ3) is 5.26. The SMILES string of the molecule is CCN(CC)C(=O)c1ccc(NC(=O)CNc2ccccc2-c2ccccc2)cc1. The van der Waals surface area contributed by atoms with E-state index in [1.807, 2.05) is 68.4 Å². The van der Waals surface area contributed by atoms with E-state index in [0.717, 1.165) is 16.8 Å². The smallest absolute Gasteiger partial charge is 0.253 e. The molecule has 5 nitrogen and oxygen atoms in total. The fraction of sp³-hybridized carbons (Fsp3) is 0.200. The number of benzene rings is 3. The lowest BCUT2D eigenvalue weighted by atomic mass is 10.0. The van der Waals surface area contributed by atoms with Crippen LogP contribution in [0.25, 0.3) is 11.1 Å². The minimum absolute atomic E-state index is 0.00272. The maximum absolute atomic E-state index is 12.4. The van der Waals surface area contributed by atoms with Crippen molar-refractivity contribution in [3.8, 4) is 11.1 Å². The highest BCUT2D eigenvalue weighted by Gasteiger charge is 2.12. The zero-order chi connectivity index (χ0) is 21.3. The molecule has 0 aliphatic rings. The number of amides is 2. The highest BCUT2D eigenvalue weighted by Crippen LogP contribution is 2.27. The van der Waals surface area contributed by atoms with Crippen molar-refractivity contribution in [2.75, 3.05) is 30.3 Å². The summed E-state index contributed by atoms with van der Waals surface area (Å²) in [6, 6.07) is 25.0. The molecule has 0 fully saturated rings. The molecule has 0 saturated heterocycles. The Morgan fingerprint density at radius 3 is 2.10 bits per heavy atom. The van der Waals surface area contributed by atoms with Crippen LogP contribution in [-0.4, -0.2) is 36.3 Å². The Morgan fingerprint density at radius 1 is 0.800 bits per heavy atom. The molecule has 3 aromatic carbocycles. The molecule has 0 bridgehead atoms. The molecule has 0 heterocycles. The third-order valence-corrected chi connectivity index (χ3v) is 4.92. The van der Waals surface area contributed by atoms with Crippen LogP contribution in [0.15, 0.2) is 78.9 Å². The van der Waals surface area contributed by atoms with Crippen LogP contribution in [0.1, 0.15) is 24.2 Å². The molecule has 154 valence electrons. The fourth-order valence-corrected chi connectivity index (χ4v) is 3.28. The summed E-state index contributed by atoms with van der Waals surface area (Å²) in [7, 11) is 0. The van der Waals surface area contributed by atoms with Crippen molar-refractivity contribution in [2.45, 2.75) is 13.8 Å². The normalized spacial score (nSPS) is 10.3. The zero-order valence-corrected chi connectivity index (χ0v) is 17.4. The van der Waals surface area contributed by atoms with Crippen LogP contribution < -0.4 is 10.6 Å². The van der Waals surface area contributed by atoms with Gasteiger partial charge < -0.3 is 15.5 Å². The van der Waals surface area contributed by atoms with Gasteiger partial charge in [-0.05, 0) is 49.7 Å². The van der Waals surface area contributed by atoms with Crippen molar-refractivity contribution in [3.63, 3.8) is 0 Å². The van der Waals surface area contributed by atoms with E-state index in [2.05, 4.69) is 10.6 Å². The average Bonchev–Trinajstić information content (AvgIpc) is 2.80. The predicted octanol–water partition coefficient (Wildman–Crippen LogP) is 4.89. The molecule has 0 spiro atoms. The summed E-state index contributed by atoms with van der Waals surface area (Å²) >= 11 is 0. The van der Waals surface area contributed by atoms with Crippen molar-refractivity contribution in [1.29, 1.82) is 0 Å². The Morgan fingerprint density at radius 2 is 1.43 bits per heavy atom. The summed E-state index contributed by atoms with van der Waals surface area (Å²) in [6.07, 6.45) is 0. The molecular formula is C25H27N3O2. The van der Waals surface area contributed by atoms with Gasteiger partial charge in [0.05, 0.1) is 6.54 Å². The molecule has 2 amide bonds. The highest BCUT2D eigenvalue weighted by molar-refractivity contribution is 5.97. The van der Waals surface area contributed by atoms with E-state index in [1.54, 1.807) is 29.2 Å². The van der Waals surface area contributed by atoms with Crippen LogP contribution >= 0.6 is 0 Å². The summed E-state index contributed by atoms with van der Waals surface area (Å²) in [5.74, 6) is -0.155. The van der Waals surface area contributed by atoms with E-state index in [4.69, 9.17) is 0 Å². The summed E-state index contributed by atoms with van der Waals surface area (Å²) in [5, 5.41) is 6.09. The Hall–Kier alpha value is -3.60. The Balaban J connectivity index is 1.60. The second kappa shape index (κ2) is 10.3. The van der Waals surface area contributed by atoms with Gasteiger partial charge in [0.1, 0.15) is 0 Å². The summed E-state index contributed by atoms with van der Waals surface area (Å²) in [6.45, 7) is 5.40. The maximum atomic E-state index is 12.4. The van der Waals surface area contributed by atoms with Crippen LogP contribution in [0.3, 0.4) is 0 Å². The number of carbonyl (C=O) groups is 2. The summed E-state index contributed by atoms with van der Waals surface area (Å²) in [5.41, 5.74) is 4.32. The van der Waals surface area contributed by atoms with Gasteiger partial charge in [-0.25, -0.2) is 0 Å². The number of nitrogens with one attached hydrogen (secondary N) is 2. The summed E-state index contributed by atoms with van der Waals surface area (Å²) in [4.78, 5) is 26.5. The first kappa shape index (κ1) is 21.1. The van der Waals surface area contributed by atoms with Crippen molar-refractivity contribution in [1.82, 2.24) is 4.90 Å². The molecule has 0 aliphatic heterocycles. The molecule has 30 heavy (non-hydrogen) atoms. The van der Waals surface area contributed by atoms with Gasteiger partial charge in [0.25, 0.3) is 5.91 Å². The number of carbonyl (C=O) groups excluding carboxylic acids is 2. The lowest BCUT2D eigenvalue weighted by molar-refractivity contribution is -0.114. The molecule has 3 rings (SSSR count). The molecule has 0 radical (unpaired) electrons. The minimum Gasteiger partial charge on any atom is -0.376 e. The van der Waals surface area contributed by atoms with E-state index in [0.29, 0.717) is 24.3 Å². The first-order valence-electron chi connectivity index (χ1n) is 10.2. The maximum Gasteiger partial charge on any atom is 0.253 e. The number of hydrogen-bond acceptors (Lipinski definition) is 3. The second-order valence-electron chi connectivity index (χ2n) is 6.87. The van der Waals surface area contributed by atoms with E-state index >= 15 is 0 Å². The highest BCUT2D eigenvalue weighted by atomic mass is 16.2. The Bertz CT molecular complexity index is 981. The van der Waals surface area contributed by atoms with E-state index in [-0.39, 0.29) is 18.4 Å². The average molecular weight is 402 g/mol. The third-order valence-electron chi connectivity index (χ3n) is 4.92. The fourth-order valence-electron chi connectivity index (χ4n) is 3.28. The molecule has 0 atom stereocenters. The van der Waals surface area contributed by atoms with Crippen LogP contribution in [0.2, 0.25) is 0 Å². The molecule has 0 aromatic heterocycles. The molecule has 0 aliphatic carbocycles. The first-order valence-corrected chi connectivity index (χ1v) is 10.2. The molecule has 2 N–H and O–H groups in total. The zero-order valence-electron chi connectivity index (χ0n) is 17.4. The van der Waals surface area contributed by atoms with Crippen molar-refractivity contribution >= 4 is 23.2 Å². The first-order chi connectivity index (χ1) is 14.6. The van der Waals surface area contributed by atoms with Crippen molar-refractivity contribution < 1.29 is 9.59 Å². The number of para-hydroxylation sites is 1. The van der Waals surface area contributed by atoms with Gasteiger partial charge in [-0.1, -0.05) is 48.5 Å². The molecule has 0 saturated carbocycles. The molecule has 3 aromatic rings. The quantitative estimate of drug-likeness (QED) is 0.565. The van der Waals surface area contributed by atoms with Crippen LogP contribution in [-0.2, 0) is 4.79 Å². The molecule has 5 heteroatoms. The van der Waals surface area contributed by atoms with Crippen LogP contribution in [0, 0.1) is 0 Å². The van der Waals surface area contributed by atoms with Crippen molar-refractivity contribution in [2.24, 2.45) is 0 Å². The Labute approximate surface area is 177 Å². The van der Waals surface area contributed by atoms with E-state index < -0.39 is 0 Å². The van der Waals surface area contributed by atoms with Gasteiger partial charge in [0.15, 0.2) is 0 Å². The lowest BCUT2D eigenvalue weighted by Crippen LogP contribution is -2.30. The largest absolute Gasteiger partial charge is 0.376 e. The van der Waals surface area contributed by atoms with Crippen LogP contribution in [0.5, 0.6) is 0 Å². The predicted molar refractivity (Wildman–Crippen MR) is 123 cm³/mol. The van der Waals surface area contributed by atoms with Gasteiger partial charge in [-0.2, -0.15) is 0 Å².